The van der Waals surface area contributed by atoms with Crippen LogP contribution in [0.4, 0.5) is 0 Å². The van der Waals surface area contributed by atoms with Crippen molar-refractivity contribution in [3.05, 3.63) is 64.0 Å². The molecular weight excluding hydrogens is 354 g/mol. The third-order valence-electron chi connectivity index (χ3n) is 4.28. The first-order chi connectivity index (χ1) is 11.2. The molecule has 3 nitrogen and oxygen atoms in total. The Hall–Kier alpha value is -1.78. The molecule has 0 radical (unpaired) electrons. The van der Waals surface area contributed by atoms with Crippen LogP contribution < -0.4 is 10.1 Å². The number of halogens is 1. The standard InChI is InChI=1S/C19H18BrNO2/c1-12-10-15-18(8-9-21-11-19(15)22-12)23-17-7-6-16(20)13-4-2-3-5-14(13)17/h2-7,10,18,21H,8-9,11H2,1H3. The zero-order valence-electron chi connectivity index (χ0n) is 12.9. The number of fused-ring (bicyclic) bond motifs is 2. The molecule has 0 saturated heterocycles. The molecule has 0 amide bonds. The van der Waals surface area contributed by atoms with Gasteiger partial charge in [0.05, 0.1) is 6.54 Å². The zero-order valence-corrected chi connectivity index (χ0v) is 14.5. The van der Waals surface area contributed by atoms with Crippen LogP contribution in [-0.2, 0) is 6.54 Å². The maximum Gasteiger partial charge on any atom is 0.128 e. The summed E-state index contributed by atoms with van der Waals surface area (Å²) in [4.78, 5) is 0. The summed E-state index contributed by atoms with van der Waals surface area (Å²) >= 11 is 3.62. The number of rotatable bonds is 2. The lowest BCUT2D eigenvalue weighted by Gasteiger charge is -2.19. The maximum atomic E-state index is 6.42. The molecule has 0 bridgehead atoms. The van der Waals surface area contributed by atoms with Crippen LogP contribution >= 0.6 is 15.9 Å². The largest absolute Gasteiger partial charge is 0.485 e. The molecule has 1 aromatic heterocycles. The number of hydrogen-bond donors (Lipinski definition) is 1. The highest BCUT2D eigenvalue weighted by Crippen LogP contribution is 2.36. The maximum absolute atomic E-state index is 6.42. The van der Waals surface area contributed by atoms with Crippen molar-refractivity contribution in [2.75, 3.05) is 6.54 Å². The fourth-order valence-electron chi connectivity index (χ4n) is 3.20. The number of aryl methyl sites for hydroxylation is 1. The molecule has 3 aromatic rings. The van der Waals surface area contributed by atoms with E-state index in [0.717, 1.165) is 46.6 Å². The lowest BCUT2D eigenvalue weighted by molar-refractivity contribution is 0.199. The normalized spacial score (nSPS) is 17.7. The van der Waals surface area contributed by atoms with Gasteiger partial charge >= 0.3 is 0 Å². The summed E-state index contributed by atoms with van der Waals surface area (Å²) in [6, 6.07) is 14.5. The van der Waals surface area contributed by atoms with E-state index in [0.29, 0.717) is 0 Å². The van der Waals surface area contributed by atoms with Gasteiger partial charge in [-0.05, 0) is 37.1 Å². The van der Waals surface area contributed by atoms with Gasteiger partial charge in [0.15, 0.2) is 0 Å². The lowest BCUT2D eigenvalue weighted by Crippen LogP contribution is -2.14. The summed E-state index contributed by atoms with van der Waals surface area (Å²) in [5.41, 5.74) is 1.17. The third kappa shape index (κ3) is 2.77. The third-order valence-corrected chi connectivity index (χ3v) is 4.97. The minimum Gasteiger partial charge on any atom is -0.485 e. The SMILES string of the molecule is Cc1cc2c(o1)CNCCC2Oc1ccc(Br)c2ccccc12. The molecule has 118 valence electrons. The molecule has 0 saturated carbocycles. The van der Waals surface area contributed by atoms with Gasteiger partial charge in [-0.15, -0.1) is 0 Å². The Balaban J connectivity index is 1.75. The van der Waals surface area contributed by atoms with E-state index >= 15 is 0 Å². The average molecular weight is 372 g/mol. The van der Waals surface area contributed by atoms with E-state index in [1.165, 1.54) is 10.9 Å². The van der Waals surface area contributed by atoms with E-state index in [-0.39, 0.29) is 6.10 Å². The van der Waals surface area contributed by atoms with E-state index in [2.05, 4.69) is 39.4 Å². The fraction of sp³-hybridized carbons (Fsp3) is 0.263. The van der Waals surface area contributed by atoms with E-state index in [4.69, 9.17) is 9.15 Å². The van der Waals surface area contributed by atoms with Crippen LogP contribution in [0.5, 0.6) is 5.75 Å². The summed E-state index contributed by atoms with van der Waals surface area (Å²) in [7, 11) is 0. The Kier molecular flexibility index (Phi) is 3.87. The predicted octanol–water partition coefficient (Wildman–Crippen LogP) is 5.12. The van der Waals surface area contributed by atoms with Crippen LogP contribution in [0.3, 0.4) is 0 Å². The van der Waals surface area contributed by atoms with Crippen LogP contribution in [0, 0.1) is 6.92 Å². The Morgan fingerprint density at radius 3 is 2.87 bits per heavy atom. The minimum atomic E-state index is 0.0158. The van der Waals surface area contributed by atoms with Gasteiger partial charge in [0.25, 0.3) is 0 Å². The van der Waals surface area contributed by atoms with Crippen LogP contribution in [0.2, 0.25) is 0 Å². The summed E-state index contributed by atoms with van der Waals surface area (Å²) in [6.07, 6.45) is 0.943. The van der Waals surface area contributed by atoms with Gasteiger partial charge in [-0.25, -0.2) is 0 Å². The molecule has 1 aliphatic heterocycles. The topological polar surface area (TPSA) is 34.4 Å². The van der Waals surface area contributed by atoms with E-state index in [1.54, 1.807) is 0 Å². The Morgan fingerprint density at radius 2 is 2.00 bits per heavy atom. The number of furan rings is 1. The molecule has 4 heteroatoms. The number of benzene rings is 2. The summed E-state index contributed by atoms with van der Waals surface area (Å²) in [5, 5.41) is 5.69. The predicted molar refractivity (Wildman–Crippen MR) is 94.8 cm³/mol. The first kappa shape index (κ1) is 14.8. The first-order valence-electron chi connectivity index (χ1n) is 7.86. The molecule has 0 fully saturated rings. The van der Waals surface area contributed by atoms with Gasteiger partial charge in [-0.3, -0.25) is 0 Å². The molecule has 2 heterocycles. The van der Waals surface area contributed by atoms with Crippen LogP contribution in [0.1, 0.15) is 29.6 Å². The molecule has 1 atom stereocenters. The van der Waals surface area contributed by atoms with E-state index in [9.17, 15) is 0 Å². The molecule has 0 aliphatic carbocycles. The van der Waals surface area contributed by atoms with Crippen molar-refractivity contribution in [1.29, 1.82) is 0 Å². The number of nitrogens with one attached hydrogen (secondary N) is 1. The number of ether oxygens (including phenoxy) is 1. The monoisotopic (exact) mass is 371 g/mol. The second-order valence-electron chi connectivity index (χ2n) is 5.90. The smallest absolute Gasteiger partial charge is 0.128 e. The quantitative estimate of drug-likeness (QED) is 0.678. The van der Waals surface area contributed by atoms with Crippen molar-refractivity contribution in [2.24, 2.45) is 0 Å². The van der Waals surface area contributed by atoms with Gasteiger partial charge in [0.1, 0.15) is 23.4 Å². The Labute approximate surface area is 143 Å². The molecule has 23 heavy (non-hydrogen) atoms. The Morgan fingerprint density at radius 1 is 1.17 bits per heavy atom. The zero-order chi connectivity index (χ0) is 15.8. The molecule has 1 aliphatic rings. The second kappa shape index (κ2) is 6.02. The summed E-state index contributed by atoms with van der Waals surface area (Å²) in [5.74, 6) is 2.85. The second-order valence-corrected chi connectivity index (χ2v) is 6.75. The number of hydrogen-bond acceptors (Lipinski definition) is 3. The highest BCUT2D eigenvalue weighted by atomic mass is 79.9. The van der Waals surface area contributed by atoms with E-state index in [1.807, 2.05) is 31.2 Å². The summed E-state index contributed by atoms with van der Waals surface area (Å²) in [6.45, 7) is 3.67. The highest BCUT2D eigenvalue weighted by Gasteiger charge is 2.24. The van der Waals surface area contributed by atoms with Gasteiger partial charge in [-0.2, -0.15) is 0 Å². The first-order valence-corrected chi connectivity index (χ1v) is 8.65. The Bertz CT molecular complexity index is 856. The molecule has 1 unspecified atom stereocenters. The minimum absolute atomic E-state index is 0.0158. The lowest BCUT2D eigenvalue weighted by atomic mass is 10.1. The van der Waals surface area contributed by atoms with Crippen molar-refractivity contribution in [1.82, 2.24) is 5.32 Å². The molecule has 4 rings (SSSR count). The average Bonchev–Trinajstić information content (AvgIpc) is 2.84. The van der Waals surface area contributed by atoms with Crippen molar-refractivity contribution in [2.45, 2.75) is 26.0 Å². The van der Waals surface area contributed by atoms with Crippen molar-refractivity contribution < 1.29 is 9.15 Å². The fourth-order valence-corrected chi connectivity index (χ4v) is 3.67. The summed E-state index contributed by atoms with van der Waals surface area (Å²) < 4.78 is 13.3. The molecule has 1 N–H and O–H groups in total. The van der Waals surface area contributed by atoms with Gasteiger partial charge < -0.3 is 14.5 Å². The van der Waals surface area contributed by atoms with Gasteiger partial charge in [0.2, 0.25) is 0 Å². The molecule has 2 aromatic carbocycles. The highest BCUT2D eigenvalue weighted by molar-refractivity contribution is 9.10. The molecular formula is C19H18BrNO2. The van der Waals surface area contributed by atoms with E-state index < -0.39 is 0 Å². The van der Waals surface area contributed by atoms with Crippen molar-refractivity contribution in [3.8, 4) is 5.75 Å². The van der Waals surface area contributed by atoms with Gasteiger partial charge in [-0.1, -0.05) is 40.2 Å². The van der Waals surface area contributed by atoms with Gasteiger partial charge in [0, 0.05) is 21.8 Å². The van der Waals surface area contributed by atoms with Crippen molar-refractivity contribution >= 4 is 26.7 Å². The van der Waals surface area contributed by atoms with Crippen molar-refractivity contribution in [3.63, 3.8) is 0 Å². The molecule has 0 spiro atoms. The van der Waals surface area contributed by atoms with Crippen LogP contribution in [0.25, 0.3) is 10.8 Å². The van der Waals surface area contributed by atoms with Crippen LogP contribution in [-0.4, -0.2) is 6.54 Å². The van der Waals surface area contributed by atoms with Crippen LogP contribution in [0.15, 0.2) is 51.4 Å².